The Hall–Kier alpha value is -0.480. The third kappa shape index (κ3) is 3.52. The molecule has 0 saturated heterocycles. The number of nitrogens with one attached hydrogen (secondary N) is 1. The summed E-state index contributed by atoms with van der Waals surface area (Å²) in [4.78, 5) is 0. The maximum absolute atomic E-state index is 8.92. The van der Waals surface area contributed by atoms with Crippen LogP contribution in [0.15, 0.2) is 0 Å². The predicted molar refractivity (Wildman–Crippen MR) is 69.3 cm³/mol. The van der Waals surface area contributed by atoms with E-state index in [0.717, 1.165) is 5.75 Å². The van der Waals surface area contributed by atoms with E-state index in [9.17, 15) is 0 Å². The molecule has 1 heterocycles. The van der Waals surface area contributed by atoms with Crippen LogP contribution in [-0.2, 0) is 0 Å². The SMILES string of the molecule is CSCC(CCO)Nc1snc(Cl)c1C#N. The Morgan fingerprint density at radius 3 is 3.06 bits per heavy atom. The average Bonchev–Trinajstić information content (AvgIpc) is 2.60. The van der Waals surface area contributed by atoms with Crippen molar-refractivity contribution in [3.63, 3.8) is 0 Å². The molecule has 0 aromatic carbocycles. The van der Waals surface area contributed by atoms with Gasteiger partial charge in [-0.2, -0.15) is 21.4 Å². The molecular formula is C9H12ClN3OS2. The Morgan fingerprint density at radius 2 is 2.50 bits per heavy atom. The topological polar surface area (TPSA) is 68.9 Å². The van der Waals surface area contributed by atoms with Crippen molar-refractivity contribution in [1.82, 2.24) is 4.37 Å². The van der Waals surface area contributed by atoms with E-state index >= 15 is 0 Å². The van der Waals surface area contributed by atoms with Gasteiger partial charge in [0.05, 0.1) is 0 Å². The van der Waals surface area contributed by atoms with Gasteiger partial charge in [-0.15, -0.1) is 0 Å². The van der Waals surface area contributed by atoms with Gasteiger partial charge in [-0.05, 0) is 24.2 Å². The maximum Gasteiger partial charge on any atom is 0.162 e. The summed E-state index contributed by atoms with van der Waals surface area (Å²) in [5.74, 6) is 0.862. The van der Waals surface area contributed by atoms with Gasteiger partial charge in [-0.3, -0.25) is 0 Å². The smallest absolute Gasteiger partial charge is 0.162 e. The van der Waals surface area contributed by atoms with Gasteiger partial charge in [0.15, 0.2) is 5.15 Å². The Bertz CT molecular complexity index is 371. The fourth-order valence-electron chi connectivity index (χ4n) is 1.21. The molecule has 16 heavy (non-hydrogen) atoms. The first kappa shape index (κ1) is 13.6. The normalized spacial score (nSPS) is 12.1. The van der Waals surface area contributed by atoms with Crippen LogP contribution < -0.4 is 5.32 Å². The Balaban J connectivity index is 2.73. The molecule has 2 N–H and O–H groups in total. The van der Waals surface area contributed by atoms with Gasteiger partial charge < -0.3 is 10.4 Å². The maximum atomic E-state index is 8.92. The first-order valence-electron chi connectivity index (χ1n) is 4.64. The number of anilines is 1. The molecule has 88 valence electrons. The summed E-state index contributed by atoms with van der Waals surface area (Å²) < 4.78 is 3.91. The number of nitriles is 1. The molecule has 4 nitrogen and oxygen atoms in total. The zero-order valence-corrected chi connectivity index (χ0v) is 11.1. The minimum Gasteiger partial charge on any atom is -0.396 e. The number of hydrogen-bond acceptors (Lipinski definition) is 6. The summed E-state index contributed by atoms with van der Waals surface area (Å²) in [6.07, 6.45) is 2.64. The van der Waals surface area contributed by atoms with Crippen molar-refractivity contribution in [3.05, 3.63) is 10.7 Å². The molecule has 0 aliphatic rings. The van der Waals surface area contributed by atoms with E-state index in [-0.39, 0.29) is 17.8 Å². The highest BCUT2D eigenvalue weighted by atomic mass is 35.5. The third-order valence-corrected chi connectivity index (χ3v) is 3.83. The molecule has 1 aromatic rings. The number of thioether (sulfide) groups is 1. The van der Waals surface area contributed by atoms with E-state index in [1.807, 2.05) is 12.3 Å². The van der Waals surface area contributed by atoms with Gasteiger partial charge in [0.1, 0.15) is 16.6 Å². The molecule has 0 amide bonds. The summed E-state index contributed by atoms with van der Waals surface area (Å²) in [5.41, 5.74) is 0.385. The van der Waals surface area contributed by atoms with Crippen LogP contribution in [0.1, 0.15) is 12.0 Å². The van der Waals surface area contributed by atoms with Gasteiger partial charge in [0.2, 0.25) is 0 Å². The number of halogens is 1. The molecule has 0 radical (unpaired) electrons. The van der Waals surface area contributed by atoms with Crippen molar-refractivity contribution in [3.8, 4) is 6.07 Å². The number of nitrogens with zero attached hydrogens (tertiary/aromatic N) is 2. The van der Waals surface area contributed by atoms with Crippen LogP contribution in [0.5, 0.6) is 0 Å². The standard InChI is InChI=1S/C9H12ClN3OS2/c1-15-5-6(2-3-14)12-9-7(4-11)8(10)13-16-9/h6,12,14H,2-3,5H2,1H3. The molecular weight excluding hydrogens is 266 g/mol. The molecule has 1 unspecified atom stereocenters. The van der Waals surface area contributed by atoms with Crippen LogP contribution in [0.2, 0.25) is 5.15 Å². The molecule has 7 heteroatoms. The third-order valence-electron chi connectivity index (χ3n) is 1.94. The molecule has 1 aromatic heterocycles. The zero-order chi connectivity index (χ0) is 12.0. The van der Waals surface area contributed by atoms with Crippen LogP contribution in [0, 0.1) is 11.3 Å². The number of aliphatic hydroxyl groups excluding tert-OH is 1. The number of aromatic nitrogens is 1. The average molecular weight is 278 g/mol. The van der Waals surface area contributed by atoms with Crippen LogP contribution in [0.25, 0.3) is 0 Å². The highest BCUT2D eigenvalue weighted by Crippen LogP contribution is 2.28. The highest BCUT2D eigenvalue weighted by Gasteiger charge is 2.15. The van der Waals surface area contributed by atoms with Gasteiger partial charge in [-0.25, -0.2) is 0 Å². The van der Waals surface area contributed by atoms with E-state index < -0.39 is 0 Å². The van der Waals surface area contributed by atoms with Gasteiger partial charge in [-0.1, -0.05) is 11.6 Å². The van der Waals surface area contributed by atoms with E-state index in [1.54, 1.807) is 11.8 Å². The van der Waals surface area contributed by atoms with Crippen LogP contribution >= 0.6 is 34.9 Å². The lowest BCUT2D eigenvalue weighted by Crippen LogP contribution is -2.23. The van der Waals surface area contributed by atoms with Crippen molar-refractivity contribution in [2.45, 2.75) is 12.5 Å². The predicted octanol–water partition coefficient (Wildman–Crippen LogP) is 2.19. The largest absolute Gasteiger partial charge is 0.396 e. The molecule has 1 atom stereocenters. The van der Waals surface area contributed by atoms with Crippen molar-refractivity contribution in [1.29, 1.82) is 5.26 Å². The summed E-state index contributed by atoms with van der Waals surface area (Å²) >= 11 is 8.62. The minimum atomic E-state index is 0.118. The number of hydrogen-bond donors (Lipinski definition) is 2. The molecule has 0 fully saturated rings. The lowest BCUT2D eigenvalue weighted by molar-refractivity contribution is 0.282. The Kier molecular flexibility index (Phi) is 5.91. The Labute approximate surface area is 108 Å². The van der Waals surface area contributed by atoms with E-state index in [1.165, 1.54) is 11.5 Å². The second-order valence-corrected chi connectivity index (χ2v) is 5.14. The van der Waals surface area contributed by atoms with E-state index in [0.29, 0.717) is 17.0 Å². The molecule has 0 saturated carbocycles. The fraction of sp³-hybridized carbons (Fsp3) is 0.556. The summed E-state index contributed by atoms with van der Waals surface area (Å²) in [6, 6.07) is 2.15. The van der Waals surface area contributed by atoms with Crippen LogP contribution in [0.4, 0.5) is 5.00 Å². The second-order valence-electron chi connectivity index (χ2n) is 3.10. The molecule has 1 rings (SSSR count). The highest BCUT2D eigenvalue weighted by molar-refractivity contribution is 7.98. The first-order chi connectivity index (χ1) is 7.72. The summed E-state index contributed by atoms with van der Waals surface area (Å²) in [6.45, 7) is 0.118. The fourth-order valence-corrected chi connectivity index (χ4v) is 2.87. The Morgan fingerprint density at radius 1 is 1.75 bits per heavy atom. The molecule has 0 aliphatic heterocycles. The van der Waals surface area contributed by atoms with Gasteiger partial charge in [0.25, 0.3) is 0 Å². The summed E-state index contributed by atoms with van der Waals surface area (Å²) in [5, 5.41) is 21.9. The van der Waals surface area contributed by atoms with Crippen molar-refractivity contribution in [2.75, 3.05) is 23.9 Å². The molecule has 0 spiro atoms. The van der Waals surface area contributed by atoms with E-state index in [2.05, 4.69) is 9.69 Å². The quantitative estimate of drug-likeness (QED) is 0.834. The minimum absolute atomic E-state index is 0.118. The second kappa shape index (κ2) is 6.97. The monoisotopic (exact) mass is 277 g/mol. The van der Waals surface area contributed by atoms with Crippen LogP contribution in [0.3, 0.4) is 0 Å². The van der Waals surface area contributed by atoms with Gasteiger partial charge in [0, 0.05) is 18.4 Å². The van der Waals surface area contributed by atoms with E-state index in [4.69, 9.17) is 22.0 Å². The van der Waals surface area contributed by atoms with Crippen molar-refractivity contribution in [2.24, 2.45) is 0 Å². The molecule has 0 bridgehead atoms. The summed E-state index contributed by atoms with van der Waals surface area (Å²) in [7, 11) is 0. The van der Waals surface area contributed by atoms with Crippen molar-refractivity contribution < 1.29 is 5.11 Å². The van der Waals surface area contributed by atoms with Crippen LogP contribution in [-0.4, -0.2) is 34.1 Å². The molecule has 0 aliphatic carbocycles. The van der Waals surface area contributed by atoms with Gasteiger partial charge >= 0.3 is 0 Å². The van der Waals surface area contributed by atoms with Crippen molar-refractivity contribution >= 4 is 39.9 Å². The number of rotatable bonds is 6. The number of aliphatic hydroxyl groups is 1. The lowest BCUT2D eigenvalue weighted by atomic mass is 10.2. The lowest BCUT2D eigenvalue weighted by Gasteiger charge is -2.16. The first-order valence-corrected chi connectivity index (χ1v) is 7.19. The zero-order valence-electron chi connectivity index (χ0n) is 8.73.